The number of nitrogens with zero attached hydrogens (tertiary/aromatic N) is 1. The third kappa shape index (κ3) is 4.05. The van der Waals surface area contributed by atoms with E-state index >= 15 is 0 Å². The maximum atomic E-state index is 13.0. The lowest BCUT2D eigenvalue weighted by atomic mass is 10.1. The molecule has 1 amide bonds. The van der Waals surface area contributed by atoms with Gasteiger partial charge >= 0.3 is 6.18 Å². The summed E-state index contributed by atoms with van der Waals surface area (Å²) in [6.45, 7) is -0.0673. The number of rotatable bonds is 4. The van der Waals surface area contributed by atoms with Crippen molar-refractivity contribution in [1.82, 2.24) is 10.5 Å². The van der Waals surface area contributed by atoms with Crippen LogP contribution in [0.4, 0.5) is 13.2 Å². The van der Waals surface area contributed by atoms with Crippen LogP contribution in [0.15, 0.2) is 59.1 Å². The van der Waals surface area contributed by atoms with Crippen LogP contribution >= 0.6 is 11.6 Å². The monoisotopic (exact) mass is 380 g/mol. The van der Waals surface area contributed by atoms with E-state index in [0.717, 1.165) is 17.7 Å². The second-order valence-electron chi connectivity index (χ2n) is 5.42. The molecule has 0 saturated carbocycles. The number of carbonyl (C=O) groups is 1. The van der Waals surface area contributed by atoms with Crippen molar-refractivity contribution in [2.75, 3.05) is 0 Å². The first-order chi connectivity index (χ1) is 12.3. The Balaban J connectivity index is 1.70. The van der Waals surface area contributed by atoms with E-state index in [9.17, 15) is 18.0 Å². The Labute approximate surface area is 151 Å². The molecule has 4 nitrogen and oxygen atoms in total. The molecule has 26 heavy (non-hydrogen) atoms. The number of halogens is 4. The van der Waals surface area contributed by atoms with Gasteiger partial charge in [-0.25, -0.2) is 0 Å². The summed E-state index contributed by atoms with van der Waals surface area (Å²) in [6, 6.07) is 13.1. The summed E-state index contributed by atoms with van der Waals surface area (Å²) in [4.78, 5) is 12.1. The molecule has 3 rings (SSSR count). The smallest absolute Gasteiger partial charge is 0.356 e. The van der Waals surface area contributed by atoms with E-state index in [1.807, 2.05) is 0 Å². The molecular weight excluding hydrogens is 369 g/mol. The average molecular weight is 381 g/mol. The van der Waals surface area contributed by atoms with Gasteiger partial charge in [0.15, 0.2) is 5.76 Å². The standard InChI is InChI=1S/C18H12ClF3N2O2/c19-12-7-5-11(6-8-12)16-9-13(24-26-16)10-23-17(25)14-3-1-2-4-15(14)18(20,21)22/h1-9H,10H2,(H,23,25). The summed E-state index contributed by atoms with van der Waals surface area (Å²) in [7, 11) is 0. The molecule has 0 atom stereocenters. The Hall–Kier alpha value is -2.80. The molecule has 0 fully saturated rings. The van der Waals surface area contributed by atoms with E-state index in [4.69, 9.17) is 16.1 Å². The van der Waals surface area contributed by atoms with Gasteiger partial charge in [-0.2, -0.15) is 13.2 Å². The Kier molecular flexibility index (Phi) is 4.99. The number of benzene rings is 2. The lowest BCUT2D eigenvalue weighted by Gasteiger charge is -2.12. The highest BCUT2D eigenvalue weighted by molar-refractivity contribution is 6.30. The molecule has 1 aromatic heterocycles. The van der Waals surface area contributed by atoms with Crippen molar-refractivity contribution < 1.29 is 22.5 Å². The number of aromatic nitrogens is 1. The molecule has 1 heterocycles. The van der Waals surface area contributed by atoms with Crippen molar-refractivity contribution in [2.24, 2.45) is 0 Å². The Bertz CT molecular complexity index is 921. The van der Waals surface area contributed by atoms with Crippen LogP contribution in [0.2, 0.25) is 5.02 Å². The molecule has 0 spiro atoms. The van der Waals surface area contributed by atoms with Crippen molar-refractivity contribution in [2.45, 2.75) is 12.7 Å². The number of alkyl halides is 3. The fourth-order valence-electron chi connectivity index (χ4n) is 2.34. The Morgan fingerprint density at radius 3 is 2.50 bits per heavy atom. The van der Waals surface area contributed by atoms with Gasteiger partial charge in [0.2, 0.25) is 0 Å². The molecule has 0 unspecified atom stereocenters. The van der Waals surface area contributed by atoms with E-state index in [2.05, 4.69) is 10.5 Å². The lowest BCUT2D eigenvalue weighted by molar-refractivity contribution is -0.137. The molecule has 0 bridgehead atoms. The Morgan fingerprint density at radius 2 is 1.81 bits per heavy atom. The van der Waals surface area contributed by atoms with Crippen molar-refractivity contribution in [1.29, 1.82) is 0 Å². The average Bonchev–Trinajstić information content (AvgIpc) is 3.08. The third-order valence-corrected chi connectivity index (χ3v) is 3.85. The highest BCUT2D eigenvalue weighted by atomic mass is 35.5. The predicted octanol–water partition coefficient (Wildman–Crippen LogP) is 4.94. The largest absolute Gasteiger partial charge is 0.417 e. The van der Waals surface area contributed by atoms with E-state index in [0.29, 0.717) is 16.5 Å². The summed E-state index contributed by atoms with van der Waals surface area (Å²) >= 11 is 5.82. The van der Waals surface area contributed by atoms with Crippen molar-refractivity contribution in [3.05, 3.63) is 76.4 Å². The molecule has 0 aliphatic carbocycles. The minimum atomic E-state index is -4.61. The normalized spacial score (nSPS) is 11.4. The number of carbonyl (C=O) groups excluding carboxylic acids is 1. The predicted molar refractivity (Wildman–Crippen MR) is 89.6 cm³/mol. The molecule has 0 saturated heterocycles. The molecule has 1 N–H and O–H groups in total. The quantitative estimate of drug-likeness (QED) is 0.697. The molecule has 3 aromatic rings. The molecule has 0 aliphatic rings. The molecule has 2 aromatic carbocycles. The first-order valence-corrected chi connectivity index (χ1v) is 7.88. The van der Waals surface area contributed by atoms with Crippen molar-refractivity contribution >= 4 is 17.5 Å². The second kappa shape index (κ2) is 7.21. The zero-order valence-corrected chi connectivity index (χ0v) is 13.9. The number of hydrogen-bond acceptors (Lipinski definition) is 3. The van der Waals surface area contributed by atoms with E-state index in [-0.39, 0.29) is 6.54 Å². The van der Waals surface area contributed by atoms with Gasteiger partial charge in [0.25, 0.3) is 5.91 Å². The molecule has 0 radical (unpaired) electrons. The SMILES string of the molecule is O=C(NCc1cc(-c2ccc(Cl)cc2)on1)c1ccccc1C(F)(F)F. The molecule has 134 valence electrons. The summed E-state index contributed by atoms with van der Waals surface area (Å²) < 4.78 is 44.1. The zero-order chi connectivity index (χ0) is 18.7. The second-order valence-corrected chi connectivity index (χ2v) is 5.85. The first-order valence-electron chi connectivity index (χ1n) is 7.50. The van der Waals surface area contributed by atoms with Gasteiger partial charge in [-0.1, -0.05) is 28.9 Å². The zero-order valence-electron chi connectivity index (χ0n) is 13.2. The van der Waals surface area contributed by atoms with Gasteiger partial charge in [0, 0.05) is 16.7 Å². The van der Waals surface area contributed by atoms with Crippen LogP contribution in [-0.4, -0.2) is 11.1 Å². The van der Waals surface area contributed by atoms with E-state index < -0.39 is 23.2 Å². The highest BCUT2D eigenvalue weighted by Gasteiger charge is 2.34. The minimum Gasteiger partial charge on any atom is -0.356 e. The van der Waals surface area contributed by atoms with Crippen LogP contribution in [0.1, 0.15) is 21.6 Å². The molecule has 0 aliphatic heterocycles. The Morgan fingerprint density at radius 1 is 1.12 bits per heavy atom. The van der Waals surface area contributed by atoms with Crippen LogP contribution in [0.3, 0.4) is 0 Å². The third-order valence-electron chi connectivity index (χ3n) is 3.59. The van der Waals surface area contributed by atoms with Gasteiger partial charge in [0.05, 0.1) is 17.7 Å². The number of nitrogens with one attached hydrogen (secondary N) is 1. The lowest BCUT2D eigenvalue weighted by Crippen LogP contribution is -2.26. The van der Waals surface area contributed by atoms with Crippen LogP contribution in [0.5, 0.6) is 0 Å². The maximum absolute atomic E-state index is 13.0. The molecular formula is C18H12ClF3N2O2. The van der Waals surface area contributed by atoms with Gasteiger partial charge in [-0.15, -0.1) is 0 Å². The van der Waals surface area contributed by atoms with Gasteiger partial charge in [0.1, 0.15) is 5.69 Å². The van der Waals surface area contributed by atoms with Crippen LogP contribution in [0, 0.1) is 0 Å². The fourth-order valence-corrected chi connectivity index (χ4v) is 2.47. The van der Waals surface area contributed by atoms with Crippen LogP contribution in [-0.2, 0) is 12.7 Å². The summed E-state index contributed by atoms with van der Waals surface area (Å²) in [6.07, 6.45) is -4.61. The number of hydrogen-bond donors (Lipinski definition) is 1. The topological polar surface area (TPSA) is 55.1 Å². The van der Waals surface area contributed by atoms with Crippen LogP contribution < -0.4 is 5.32 Å². The summed E-state index contributed by atoms with van der Waals surface area (Å²) in [5, 5.41) is 6.80. The summed E-state index contributed by atoms with van der Waals surface area (Å²) in [5.41, 5.74) is -0.310. The van der Waals surface area contributed by atoms with Gasteiger partial charge in [-0.05, 0) is 36.4 Å². The number of amides is 1. The van der Waals surface area contributed by atoms with Gasteiger partial charge < -0.3 is 9.84 Å². The van der Waals surface area contributed by atoms with E-state index in [1.165, 1.54) is 12.1 Å². The van der Waals surface area contributed by atoms with Crippen LogP contribution in [0.25, 0.3) is 11.3 Å². The first kappa shape index (κ1) is 18.0. The van der Waals surface area contributed by atoms with E-state index in [1.54, 1.807) is 30.3 Å². The van der Waals surface area contributed by atoms with Crippen molar-refractivity contribution in [3.63, 3.8) is 0 Å². The fraction of sp³-hybridized carbons (Fsp3) is 0.111. The summed E-state index contributed by atoms with van der Waals surface area (Å²) in [5.74, 6) is -0.379. The molecule has 8 heteroatoms. The minimum absolute atomic E-state index is 0.0673. The van der Waals surface area contributed by atoms with Crippen molar-refractivity contribution in [3.8, 4) is 11.3 Å². The maximum Gasteiger partial charge on any atom is 0.417 e. The van der Waals surface area contributed by atoms with Gasteiger partial charge in [-0.3, -0.25) is 4.79 Å². The highest BCUT2D eigenvalue weighted by Crippen LogP contribution is 2.31.